The molecule has 0 aliphatic carbocycles. The third-order valence-electron chi connectivity index (χ3n) is 1.76. The molecule has 0 aromatic heterocycles. The molecule has 1 rings (SSSR count). The number of methoxy groups -OCH3 is 1. The molecule has 1 aromatic carbocycles. The van der Waals surface area contributed by atoms with E-state index in [1.165, 1.54) is 5.56 Å². The van der Waals surface area contributed by atoms with Crippen molar-refractivity contribution in [1.29, 1.82) is 0 Å². The number of benzene rings is 1. The van der Waals surface area contributed by atoms with Crippen LogP contribution in [0.25, 0.3) is 0 Å². The van der Waals surface area contributed by atoms with Gasteiger partial charge >= 0.3 is 0 Å². The third-order valence-corrected chi connectivity index (χ3v) is 1.76. The number of hydrogen-bond acceptors (Lipinski definition) is 2. The Bertz CT molecular complexity index is 240. The van der Waals surface area contributed by atoms with E-state index in [0.29, 0.717) is 0 Å². The number of nitrogens with one attached hydrogen (secondary N) is 1. The summed E-state index contributed by atoms with van der Waals surface area (Å²) in [7, 11) is 1.70. The first kappa shape index (κ1) is 12.3. The summed E-state index contributed by atoms with van der Waals surface area (Å²) >= 11 is 0. The van der Waals surface area contributed by atoms with E-state index in [4.69, 9.17) is 4.74 Å². The van der Waals surface area contributed by atoms with Crippen molar-refractivity contribution in [3.05, 3.63) is 29.8 Å². The highest BCUT2D eigenvalue weighted by Crippen LogP contribution is 2.16. The molecule has 0 aliphatic rings. The van der Waals surface area contributed by atoms with Gasteiger partial charge in [0.05, 0.1) is 7.11 Å². The van der Waals surface area contributed by atoms with Gasteiger partial charge in [0.25, 0.3) is 0 Å². The van der Waals surface area contributed by atoms with Gasteiger partial charge in [0, 0.05) is 12.1 Å². The zero-order chi connectivity index (χ0) is 8.81. The van der Waals surface area contributed by atoms with Gasteiger partial charge in [-0.25, -0.2) is 0 Å². The topological polar surface area (TPSA) is 21.3 Å². The quantitative estimate of drug-likeness (QED) is 0.807. The van der Waals surface area contributed by atoms with Crippen LogP contribution in [0.4, 0.5) is 0 Å². The van der Waals surface area contributed by atoms with Crippen LogP contribution >= 0.6 is 12.4 Å². The molecule has 0 aliphatic heterocycles. The van der Waals surface area contributed by atoms with Crippen LogP contribution in [0.5, 0.6) is 5.75 Å². The summed E-state index contributed by atoms with van der Waals surface area (Å²) in [5, 5.41) is 3.26. The van der Waals surface area contributed by atoms with Crippen molar-refractivity contribution in [2.45, 2.75) is 13.5 Å². The zero-order valence-electron chi connectivity index (χ0n) is 8.04. The fourth-order valence-electron chi connectivity index (χ4n) is 1.11. The van der Waals surface area contributed by atoms with Crippen molar-refractivity contribution < 1.29 is 4.74 Å². The maximum absolute atomic E-state index is 5.20. The average molecular weight is 202 g/mol. The van der Waals surface area contributed by atoms with Crippen LogP contribution in [0.1, 0.15) is 12.5 Å². The molecular weight excluding hydrogens is 186 g/mol. The molecule has 0 bridgehead atoms. The lowest BCUT2D eigenvalue weighted by atomic mass is 10.2. The van der Waals surface area contributed by atoms with Gasteiger partial charge in [0.15, 0.2) is 0 Å². The van der Waals surface area contributed by atoms with Crippen molar-refractivity contribution in [2.75, 3.05) is 13.7 Å². The summed E-state index contributed by atoms with van der Waals surface area (Å²) in [6, 6.07) is 8.05. The van der Waals surface area contributed by atoms with Gasteiger partial charge < -0.3 is 10.1 Å². The largest absolute Gasteiger partial charge is 0.496 e. The molecule has 0 radical (unpaired) electrons. The van der Waals surface area contributed by atoms with Gasteiger partial charge in [-0.15, -0.1) is 12.4 Å². The lowest BCUT2D eigenvalue weighted by Crippen LogP contribution is -2.12. The van der Waals surface area contributed by atoms with Gasteiger partial charge in [-0.3, -0.25) is 0 Å². The average Bonchev–Trinajstić information content (AvgIpc) is 2.15. The second-order valence-corrected chi connectivity index (χ2v) is 2.59. The van der Waals surface area contributed by atoms with Gasteiger partial charge in [0.1, 0.15) is 5.75 Å². The Morgan fingerprint density at radius 2 is 2.00 bits per heavy atom. The molecule has 3 heteroatoms. The van der Waals surface area contributed by atoms with E-state index in [9.17, 15) is 0 Å². The molecule has 1 N–H and O–H groups in total. The Morgan fingerprint density at radius 1 is 1.31 bits per heavy atom. The SMILES string of the molecule is CCNCc1ccccc1OC.Cl. The van der Waals surface area contributed by atoms with Crippen molar-refractivity contribution in [3.63, 3.8) is 0 Å². The minimum Gasteiger partial charge on any atom is -0.496 e. The molecule has 74 valence electrons. The number of hydrogen-bond donors (Lipinski definition) is 1. The van der Waals surface area contributed by atoms with E-state index < -0.39 is 0 Å². The minimum absolute atomic E-state index is 0. The van der Waals surface area contributed by atoms with Gasteiger partial charge in [-0.1, -0.05) is 25.1 Å². The molecule has 2 nitrogen and oxygen atoms in total. The number of para-hydroxylation sites is 1. The fourth-order valence-corrected chi connectivity index (χ4v) is 1.11. The van der Waals surface area contributed by atoms with Gasteiger partial charge in [0.2, 0.25) is 0 Å². The highest BCUT2D eigenvalue weighted by atomic mass is 35.5. The molecule has 0 heterocycles. The normalized spacial score (nSPS) is 9.08. The van der Waals surface area contributed by atoms with Crippen LogP contribution in [0.2, 0.25) is 0 Å². The fraction of sp³-hybridized carbons (Fsp3) is 0.400. The Morgan fingerprint density at radius 3 is 2.62 bits per heavy atom. The van der Waals surface area contributed by atoms with Crippen LogP contribution < -0.4 is 10.1 Å². The van der Waals surface area contributed by atoms with Crippen LogP contribution in [-0.2, 0) is 6.54 Å². The number of ether oxygens (including phenoxy) is 1. The maximum atomic E-state index is 5.20. The first-order chi connectivity index (χ1) is 5.88. The highest BCUT2D eigenvalue weighted by molar-refractivity contribution is 5.85. The molecule has 0 atom stereocenters. The van der Waals surface area contributed by atoms with E-state index in [2.05, 4.69) is 18.3 Å². The molecule has 0 saturated heterocycles. The summed E-state index contributed by atoms with van der Waals surface area (Å²) in [5.41, 5.74) is 1.21. The predicted octanol–water partition coefficient (Wildman–Crippen LogP) is 2.23. The van der Waals surface area contributed by atoms with Crippen molar-refractivity contribution in [3.8, 4) is 5.75 Å². The molecule has 0 amide bonds. The molecule has 13 heavy (non-hydrogen) atoms. The van der Waals surface area contributed by atoms with Crippen LogP contribution in [0, 0.1) is 0 Å². The summed E-state index contributed by atoms with van der Waals surface area (Å²) in [4.78, 5) is 0. The lowest BCUT2D eigenvalue weighted by molar-refractivity contribution is 0.408. The molecule has 1 aromatic rings. The Balaban J connectivity index is 0.00000144. The highest BCUT2D eigenvalue weighted by Gasteiger charge is 1.98. The standard InChI is InChI=1S/C10H15NO.ClH/c1-3-11-8-9-6-4-5-7-10(9)12-2;/h4-7,11H,3,8H2,1-2H3;1H. The van der Waals surface area contributed by atoms with E-state index in [1.807, 2.05) is 18.2 Å². The lowest BCUT2D eigenvalue weighted by Gasteiger charge is -2.07. The van der Waals surface area contributed by atoms with Crippen molar-refractivity contribution >= 4 is 12.4 Å². The third kappa shape index (κ3) is 3.66. The molecule has 0 unspecified atom stereocenters. The Kier molecular flexibility index (Phi) is 6.37. The second kappa shape index (κ2) is 6.75. The van der Waals surface area contributed by atoms with Crippen LogP contribution in [0.15, 0.2) is 24.3 Å². The smallest absolute Gasteiger partial charge is 0.123 e. The monoisotopic (exact) mass is 201 g/mol. The van der Waals surface area contributed by atoms with Gasteiger partial charge in [-0.05, 0) is 12.6 Å². The molecular formula is C10H16ClNO. The second-order valence-electron chi connectivity index (χ2n) is 2.59. The van der Waals surface area contributed by atoms with E-state index in [-0.39, 0.29) is 12.4 Å². The summed E-state index contributed by atoms with van der Waals surface area (Å²) < 4.78 is 5.20. The Labute approximate surface area is 85.7 Å². The van der Waals surface area contributed by atoms with Crippen molar-refractivity contribution in [2.24, 2.45) is 0 Å². The van der Waals surface area contributed by atoms with E-state index >= 15 is 0 Å². The maximum Gasteiger partial charge on any atom is 0.123 e. The van der Waals surface area contributed by atoms with Crippen LogP contribution in [0.3, 0.4) is 0 Å². The molecule has 0 spiro atoms. The summed E-state index contributed by atoms with van der Waals surface area (Å²) in [6.45, 7) is 3.95. The zero-order valence-corrected chi connectivity index (χ0v) is 8.86. The summed E-state index contributed by atoms with van der Waals surface area (Å²) in [6.07, 6.45) is 0. The minimum atomic E-state index is 0. The van der Waals surface area contributed by atoms with E-state index in [1.54, 1.807) is 7.11 Å². The first-order valence-corrected chi connectivity index (χ1v) is 4.21. The van der Waals surface area contributed by atoms with Crippen LogP contribution in [-0.4, -0.2) is 13.7 Å². The molecule has 0 saturated carbocycles. The first-order valence-electron chi connectivity index (χ1n) is 4.21. The van der Waals surface area contributed by atoms with Crippen molar-refractivity contribution in [1.82, 2.24) is 5.32 Å². The summed E-state index contributed by atoms with van der Waals surface area (Å²) in [5.74, 6) is 0.957. The molecule has 0 fully saturated rings. The Hall–Kier alpha value is -0.730. The number of rotatable bonds is 4. The van der Waals surface area contributed by atoms with Gasteiger partial charge in [-0.2, -0.15) is 0 Å². The number of halogens is 1. The van der Waals surface area contributed by atoms with E-state index in [0.717, 1.165) is 18.8 Å². The predicted molar refractivity (Wildman–Crippen MR) is 57.6 cm³/mol.